The second-order valence-electron chi connectivity index (χ2n) is 4.42. The number of carbonyl (C=O) groups is 1. The van der Waals surface area contributed by atoms with Crippen LogP contribution in [0.5, 0.6) is 0 Å². The molecule has 0 saturated heterocycles. The smallest absolute Gasteiger partial charge is 0.320 e. The van der Waals surface area contributed by atoms with Crippen molar-refractivity contribution in [3.8, 4) is 0 Å². The minimum atomic E-state index is -0.581. The van der Waals surface area contributed by atoms with Crippen LogP contribution in [0.15, 0.2) is 16.9 Å². The minimum Gasteiger partial charge on any atom is -0.320 e. The Hall–Kier alpha value is -2.64. The number of benzene rings is 1. The Morgan fingerprint density at radius 3 is 2.35 bits per heavy atom. The molecule has 0 bridgehead atoms. The van der Waals surface area contributed by atoms with Crippen LogP contribution in [0.3, 0.4) is 0 Å². The number of hydrogen-bond donors (Lipinski definition) is 1. The maximum absolute atomic E-state index is 11.8. The largest absolute Gasteiger partial charge is 0.328 e. The first-order valence-corrected chi connectivity index (χ1v) is 6.00. The molecule has 0 unspecified atom stereocenters. The first-order chi connectivity index (χ1) is 9.36. The molecule has 1 heterocycles. The summed E-state index contributed by atoms with van der Waals surface area (Å²) in [7, 11) is 3.11. The maximum atomic E-state index is 11.8. The van der Waals surface area contributed by atoms with E-state index < -0.39 is 4.92 Å². The third kappa shape index (κ3) is 2.04. The lowest BCUT2D eigenvalue weighted by Crippen LogP contribution is -2.19. The van der Waals surface area contributed by atoms with Crippen molar-refractivity contribution in [2.75, 3.05) is 5.32 Å². The zero-order valence-corrected chi connectivity index (χ0v) is 11.3. The van der Waals surface area contributed by atoms with Crippen molar-refractivity contribution < 1.29 is 9.72 Å². The van der Waals surface area contributed by atoms with E-state index in [-0.39, 0.29) is 29.4 Å². The molecule has 20 heavy (non-hydrogen) atoms. The van der Waals surface area contributed by atoms with Crippen LogP contribution in [0, 0.1) is 10.1 Å². The Morgan fingerprint density at radius 2 is 1.85 bits per heavy atom. The van der Waals surface area contributed by atoms with Crippen molar-refractivity contribution >= 4 is 28.3 Å². The lowest BCUT2D eigenvalue weighted by atomic mass is 10.2. The Bertz CT molecular complexity index is 772. The number of nitro groups is 1. The fourth-order valence-corrected chi connectivity index (χ4v) is 2.02. The number of nitrogens with one attached hydrogen (secondary N) is 1. The Balaban J connectivity index is 2.76. The summed E-state index contributed by atoms with van der Waals surface area (Å²) in [6.07, 6.45) is 0.211. The van der Waals surface area contributed by atoms with E-state index in [9.17, 15) is 19.7 Å². The van der Waals surface area contributed by atoms with Gasteiger partial charge in [-0.25, -0.2) is 4.79 Å². The number of anilines is 1. The average molecular weight is 278 g/mol. The monoisotopic (exact) mass is 278 g/mol. The van der Waals surface area contributed by atoms with Crippen molar-refractivity contribution in [1.29, 1.82) is 0 Å². The molecule has 8 nitrogen and oxygen atoms in total. The molecule has 0 aliphatic heterocycles. The van der Waals surface area contributed by atoms with E-state index in [1.807, 2.05) is 0 Å². The van der Waals surface area contributed by atoms with E-state index in [2.05, 4.69) is 5.32 Å². The van der Waals surface area contributed by atoms with Gasteiger partial charge in [0, 0.05) is 26.6 Å². The molecule has 0 aliphatic carbocycles. The van der Waals surface area contributed by atoms with E-state index in [0.717, 1.165) is 0 Å². The average Bonchev–Trinajstić information content (AvgIpc) is 2.62. The first-order valence-electron chi connectivity index (χ1n) is 6.00. The highest BCUT2D eigenvalue weighted by Crippen LogP contribution is 2.29. The summed E-state index contributed by atoms with van der Waals surface area (Å²) >= 11 is 0. The second-order valence-corrected chi connectivity index (χ2v) is 4.42. The van der Waals surface area contributed by atoms with Gasteiger partial charge in [0.05, 0.1) is 16.0 Å². The summed E-state index contributed by atoms with van der Waals surface area (Å²) in [5, 5.41) is 13.6. The number of carbonyl (C=O) groups excluding carboxylic acids is 1. The summed E-state index contributed by atoms with van der Waals surface area (Å²) in [5.74, 6) is -0.326. The van der Waals surface area contributed by atoms with E-state index in [0.29, 0.717) is 11.0 Å². The fraction of sp³-hybridized carbons (Fsp3) is 0.333. The number of aromatic nitrogens is 2. The van der Waals surface area contributed by atoms with Crippen LogP contribution in [0.2, 0.25) is 0 Å². The van der Waals surface area contributed by atoms with Crippen molar-refractivity contribution in [2.24, 2.45) is 14.1 Å². The molecule has 0 saturated carbocycles. The molecule has 0 aliphatic rings. The molecule has 2 aromatic rings. The van der Waals surface area contributed by atoms with Crippen LogP contribution >= 0.6 is 0 Å². The van der Waals surface area contributed by atoms with Crippen LogP contribution < -0.4 is 11.0 Å². The maximum Gasteiger partial charge on any atom is 0.328 e. The standard InChI is InChI=1S/C12H14N4O4/c1-4-11(17)13-7-5-9-10(6-8(7)16(19)20)15(3)12(18)14(9)2/h5-6H,4H2,1-3H3,(H,13,17). The molecule has 1 aromatic carbocycles. The van der Waals surface area contributed by atoms with Gasteiger partial charge in [-0.1, -0.05) is 6.92 Å². The number of nitro benzene ring substituents is 1. The van der Waals surface area contributed by atoms with Gasteiger partial charge < -0.3 is 5.32 Å². The highest BCUT2D eigenvalue weighted by atomic mass is 16.6. The number of imidazole rings is 1. The molecule has 0 fully saturated rings. The van der Waals surface area contributed by atoms with Gasteiger partial charge in [-0.15, -0.1) is 0 Å². The molecule has 1 N–H and O–H groups in total. The van der Waals surface area contributed by atoms with Gasteiger partial charge in [0.2, 0.25) is 5.91 Å². The SMILES string of the molecule is CCC(=O)Nc1cc2c(cc1[N+](=O)[O-])n(C)c(=O)n2C. The van der Waals surface area contributed by atoms with Crippen LogP contribution in [-0.2, 0) is 18.9 Å². The Labute approximate surface area is 113 Å². The number of aryl methyl sites for hydroxylation is 2. The summed E-state index contributed by atoms with van der Waals surface area (Å²) in [4.78, 5) is 33.8. The molecule has 2 rings (SSSR count). The number of rotatable bonds is 3. The van der Waals surface area contributed by atoms with E-state index in [1.165, 1.54) is 21.3 Å². The fourth-order valence-electron chi connectivity index (χ4n) is 2.02. The molecule has 0 atom stereocenters. The van der Waals surface area contributed by atoms with Crippen molar-refractivity contribution in [3.63, 3.8) is 0 Å². The topological polar surface area (TPSA) is 99.2 Å². The molecule has 106 valence electrons. The first kappa shape index (κ1) is 13.8. The number of amides is 1. The molecule has 0 spiro atoms. The lowest BCUT2D eigenvalue weighted by molar-refractivity contribution is -0.383. The van der Waals surface area contributed by atoms with Gasteiger partial charge in [0.25, 0.3) is 5.69 Å². The van der Waals surface area contributed by atoms with E-state index >= 15 is 0 Å². The summed E-state index contributed by atoms with van der Waals surface area (Å²) < 4.78 is 2.70. The molecule has 1 amide bonds. The normalized spacial score (nSPS) is 10.8. The highest BCUT2D eigenvalue weighted by molar-refractivity contribution is 5.96. The predicted molar refractivity (Wildman–Crippen MR) is 73.7 cm³/mol. The highest BCUT2D eigenvalue weighted by Gasteiger charge is 2.20. The lowest BCUT2D eigenvalue weighted by Gasteiger charge is -2.06. The van der Waals surface area contributed by atoms with Crippen LogP contribution in [0.4, 0.5) is 11.4 Å². The Kier molecular flexibility index (Phi) is 3.31. The zero-order chi connectivity index (χ0) is 15.0. The molecule has 8 heteroatoms. The Morgan fingerprint density at radius 1 is 1.30 bits per heavy atom. The van der Waals surface area contributed by atoms with Crippen LogP contribution in [-0.4, -0.2) is 20.0 Å². The van der Waals surface area contributed by atoms with Crippen molar-refractivity contribution in [3.05, 3.63) is 32.7 Å². The van der Waals surface area contributed by atoms with Crippen molar-refractivity contribution in [2.45, 2.75) is 13.3 Å². The minimum absolute atomic E-state index is 0.0931. The van der Waals surface area contributed by atoms with E-state index in [4.69, 9.17) is 0 Å². The molecular formula is C12H14N4O4. The van der Waals surface area contributed by atoms with Gasteiger partial charge in [0.1, 0.15) is 5.69 Å². The second kappa shape index (κ2) is 4.80. The van der Waals surface area contributed by atoms with Crippen LogP contribution in [0.1, 0.15) is 13.3 Å². The van der Waals surface area contributed by atoms with E-state index in [1.54, 1.807) is 21.0 Å². The summed E-state index contributed by atoms with van der Waals surface area (Å²) in [6, 6.07) is 2.74. The quantitative estimate of drug-likeness (QED) is 0.672. The summed E-state index contributed by atoms with van der Waals surface area (Å²) in [6.45, 7) is 1.65. The number of hydrogen-bond acceptors (Lipinski definition) is 4. The predicted octanol–water partition coefficient (Wildman–Crippen LogP) is 1.13. The summed E-state index contributed by atoms with van der Waals surface area (Å²) in [5.41, 5.74) is 0.539. The number of nitrogens with zero attached hydrogens (tertiary/aromatic N) is 3. The molecule has 1 aromatic heterocycles. The van der Waals surface area contributed by atoms with Gasteiger partial charge in [0.15, 0.2) is 0 Å². The van der Waals surface area contributed by atoms with Crippen LogP contribution in [0.25, 0.3) is 11.0 Å². The zero-order valence-electron chi connectivity index (χ0n) is 11.3. The van der Waals surface area contributed by atoms with Gasteiger partial charge in [-0.2, -0.15) is 0 Å². The van der Waals surface area contributed by atoms with Gasteiger partial charge >= 0.3 is 5.69 Å². The molecule has 0 radical (unpaired) electrons. The van der Waals surface area contributed by atoms with Gasteiger partial charge in [-0.3, -0.25) is 24.0 Å². The third-order valence-corrected chi connectivity index (χ3v) is 3.18. The molecular weight excluding hydrogens is 264 g/mol. The number of fused-ring (bicyclic) bond motifs is 1. The van der Waals surface area contributed by atoms with Crippen molar-refractivity contribution in [1.82, 2.24) is 9.13 Å². The third-order valence-electron chi connectivity index (χ3n) is 3.18. The van der Waals surface area contributed by atoms with Gasteiger partial charge in [-0.05, 0) is 6.07 Å².